The molecule has 176 valence electrons. The summed E-state index contributed by atoms with van der Waals surface area (Å²) in [5.74, 6) is -0.573. The molecular formula is C23H29FN6O3. The van der Waals surface area contributed by atoms with Crippen molar-refractivity contribution in [2.24, 2.45) is 5.10 Å². The van der Waals surface area contributed by atoms with E-state index in [-0.39, 0.29) is 23.7 Å². The summed E-state index contributed by atoms with van der Waals surface area (Å²) >= 11 is 0. The van der Waals surface area contributed by atoms with Crippen LogP contribution in [0.5, 0.6) is 0 Å². The fraction of sp³-hybridized carbons (Fsp3) is 0.565. The number of amides is 1. The van der Waals surface area contributed by atoms with Crippen LogP contribution in [0.25, 0.3) is 0 Å². The lowest BCUT2D eigenvalue weighted by atomic mass is 9.84. The first-order valence-electron chi connectivity index (χ1n) is 11.7. The summed E-state index contributed by atoms with van der Waals surface area (Å²) < 4.78 is 18.9. The van der Waals surface area contributed by atoms with Crippen LogP contribution in [0.2, 0.25) is 0 Å². The summed E-state index contributed by atoms with van der Waals surface area (Å²) in [4.78, 5) is 16.6. The van der Waals surface area contributed by atoms with Gasteiger partial charge in [0.1, 0.15) is 5.82 Å². The molecule has 0 radical (unpaired) electrons. The number of carbonyl (C=O) groups is 1. The zero-order valence-corrected chi connectivity index (χ0v) is 18.6. The third-order valence-electron chi connectivity index (χ3n) is 6.84. The van der Waals surface area contributed by atoms with Crippen molar-refractivity contribution in [3.63, 3.8) is 0 Å². The normalized spacial score (nSPS) is 22.7. The van der Waals surface area contributed by atoms with E-state index in [9.17, 15) is 14.3 Å². The van der Waals surface area contributed by atoms with Crippen molar-refractivity contribution < 1.29 is 18.7 Å². The van der Waals surface area contributed by atoms with Crippen molar-refractivity contribution in [2.75, 3.05) is 36.1 Å². The minimum atomic E-state index is -0.902. The highest BCUT2D eigenvalue weighted by atomic mass is 19.1. The Morgan fingerprint density at radius 3 is 2.55 bits per heavy atom. The second-order valence-corrected chi connectivity index (χ2v) is 9.17. The monoisotopic (exact) mass is 456 g/mol. The Hall–Kier alpha value is -3.01. The van der Waals surface area contributed by atoms with E-state index >= 15 is 0 Å². The van der Waals surface area contributed by atoms with Crippen molar-refractivity contribution in [1.29, 1.82) is 0 Å². The second-order valence-electron chi connectivity index (χ2n) is 9.17. The number of benzene rings is 1. The Morgan fingerprint density at radius 1 is 1.09 bits per heavy atom. The smallest absolute Gasteiger partial charge is 0.318 e. The van der Waals surface area contributed by atoms with E-state index < -0.39 is 5.60 Å². The molecule has 2 aromatic rings. The van der Waals surface area contributed by atoms with Gasteiger partial charge in [-0.1, -0.05) is 5.10 Å². The van der Waals surface area contributed by atoms with Crippen LogP contribution in [0.3, 0.4) is 0 Å². The summed E-state index contributed by atoms with van der Waals surface area (Å²) in [5.41, 5.74) is -0.103. The number of nitrogens with zero attached hydrogens (tertiary/aromatic N) is 6. The lowest BCUT2D eigenvalue weighted by Crippen LogP contribution is -2.49. The molecule has 1 N–H and O–H groups in total. The first-order valence-corrected chi connectivity index (χ1v) is 11.7. The lowest BCUT2D eigenvalue weighted by Gasteiger charge is -2.40. The second kappa shape index (κ2) is 9.09. The summed E-state index contributed by atoms with van der Waals surface area (Å²) in [7, 11) is 0. The molecule has 1 atom stereocenters. The van der Waals surface area contributed by atoms with E-state index in [1.807, 2.05) is 16.1 Å². The van der Waals surface area contributed by atoms with Crippen LogP contribution in [0.15, 0.2) is 33.8 Å². The molecule has 0 aliphatic carbocycles. The summed E-state index contributed by atoms with van der Waals surface area (Å²) in [5, 5.41) is 25.5. The maximum absolute atomic E-state index is 13.3. The molecule has 1 aromatic carbocycles. The van der Waals surface area contributed by atoms with Crippen molar-refractivity contribution in [2.45, 2.75) is 56.6 Å². The quantitative estimate of drug-likeness (QED) is 0.739. The molecule has 3 aliphatic heterocycles. The molecule has 10 heteroatoms. The highest BCUT2D eigenvalue weighted by Crippen LogP contribution is 2.33. The van der Waals surface area contributed by atoms with E-state index in [4.69, 9.17) is 4.42 Å². The third-order valence-corrected chi connectivity index (χ3v) is 6.84. The van der Waals surface area contributed by atoms with E-state index in [0.717, 1.165) is 31.6 Å². The molecule has 0 saturated carbocycles. The number of hydrogen-bond acceptors (Lipinski definition) is 8. The molecule has 2 fully saturated rings. The van der Waals surface area contributed by atoms with Gasteiger partial charge in [0.05, 0.1) is 17.3 Å². The standard InChI is InChI=1S/C23H29FN6O3/c24-17-4-6-18(7-5-17)30-19(8-11-25-30)16-23(32)9-14-28(15-10-23)21(31)20-26-27-22(33-20)29-12-2-1-3-13-29/h4-7,11,19,32H,1-3,8-10,12-16H2. The van der Waals surface area contributed by atoms with Crippen LogP contribution in [-0.2, 0) is 0 Å². The SMILES string of the molecule is O=C(c1nnc(N2CCCCC2)o1)N1CCC(O)(CC2CC=NN2c2ccc(F)cc2)CC1. The predicted molar refractivity (Wildman–Crippen MR) is 121 cm³/mol. The van der Waals surface area contributed by atoms with Crippen molar-refractivity contribution in [3.8, 4) is 0 Å². The van der Waals surface area contributed by atoms with Gasteiger partial charge in [-0.15, -0.1) is 5.10 Å². The molecule has 3 aliphatic rings. The summed E-state index contributed by atoms with van der Waals surface area (Å²) in [6.45, 7) is 2.57. The van der Waals surface area contributed by atoms with Crippen LogP contribution in [0.4, 0.5) is 16.1 Å². The number of likely N-dealkylation sites (tertiary alicyclic amines) is 1. The van der Waals surface area contributed by atoms with Gasteiger partial charge in [-0.25, -0.2) is 4.39 Å². The van der Waals surface area contributed by atoms with E-state index in [1.54, 1.807) is 17.0 Å². The fourth-order valence-corrected chi connectivity index (χ4v) is 4.91. The first-order chi connectivity index (χ1) is 16.0. The van der Waals surface area contributed by atoms with Crippen molar-refractivity contribution in [1.82, 2.24) is 15.1 Å². The number of rotatable bonds is 5. The number of aliphatic hydroxyl groups is 1. The van der Waals surface area contributed by atoms with Crippen LogP contribution < -0.4 is 9.91 Å². The van der Waals surface area contributed by atoms with Gasteiger partial charge in [-0.3, -0.25) is 9.80 Å². The van der Waals surface area contributed by atoms with Gasteiger partial charge in [-0.2, -0.15) is 5.10 Å². The molecule has 4 heterocycles. The van der Waals surface area contributed by atoms with Gasteiger partial charge < -0.3 is 19.3 Å². The number of aromatic nitrogens is 2. The highest BCUT2D eigenvalue weighted by Gasteiger charge is 2.39. The number of halogens is 1. The molecule has 1 amide bonds. The Labute approximate surface area is 191 Å². The molecule has 1 unspecified atom stereocenters. The van der Waals surface area contributed by atoms with Gasteiger partial charge in [-0.05, 0) is 62.8 Å². The van der Waals surface area contributed by atoms with Crippen LogP contribution in [0, 0.1) is 5.82 Å². The minimum absolute atomic E-state index is 0.00712. The van der Waals surface area contributed by atoms with Gasteiger partial charge >= 0.3 is 17.8 Å². The van der Waals surface area contributed by atoms with E-state index in [2.05, 4.69) is 15.3 Å². The van der Waals surface area contributed by atoms with Crippen LogP contribution in [-0.4, -0.2) is 70.1 Å². The van der Waals surface area contributed by atoms with Crippen LogP contribution >= 0.6 is 0 Å². The zero-order valence-electron chi connectivity index (χ0n) is 18.6. The predicted octanol–water partition coefficient (Wildman–Crippen LogP) is 2.82. The molecule has 1 aromatic heterocycles. The van der Waals surface area contributed by atoms with Crippen LogP contribution in [0.1, 0.15) is 55.6 Å². The number of piperidine rings is 2. The molecule has 0 bridgehead atoms. The Balaban J connectivity index is 1.17. The molecule has 33 heavy (non-hydrogen) atoms. The minimum Gasteiger partial charge on any atom is -0.399 e. The maximum Gasteiger partial charge on any atom is 0.318 e. The first kappa shape index (κ1) is 21.8. The Morgan fingerprint density at radius 2 is 1.82 bits per heavy atom. The Bertz CT molecular complexity index is 996. The summed E-state index contributed by atoms with van der Waals surface area (Å²) in [6, 6.07) is 6.61. The third kappa shape index (κ3) is 4.71. The van der Waals surface area contributed by atoms with E-state index in [0.29, 0.717) is 44.8 Å². The van der Waals surface area contributed by atoms with Gasteiger partial charge in [0.15, 0.2) is 0 Å². The summed E-state index contributed by atoms with van der Waals surface area (Å²) in [6.07, 6.45) is 7.34. The lowest BCUT2D eigenvalue weighted by molar-refractivity contribution is -0.0275. The number of anilines is 2. The zero-order chi connectivity index (χ0) is 22.8. The molecule has 0 spiro atoms. The van der Waals surface area contributed by atoms with Crippen molar-refractivity contribution >= 4 is 23.8 Å². The molecule has 2 saturated heterocycles. The molecular weight excluding hydrogens is 427 g/mol. The van der Waals surface area contributed by atoms with Gasteiger partial charge in [0, 0.05) is 38.8 Å². The van der Waals surface area contributed by atoms with Gasteiger partial charge in [0.2, 0.25) is 0 Å². The topological polar surface area (TPSA) is 98.3 Å². The number of carbonyl (C=O) groups excluding carboxylic acids is 1. The largest absolute Gasteiger partial charge is 0.399 e. The Kier molecular flexibility index (Phi) is 6.01. The highest BCUT2D eigenvalue weighted by molar-refractivity contribution is 5.89. The number of hydrazone groups is 1. The van der Waals surface area contributed by atoms with E-state index in [1.165, 1.54) is 18.6 Å². The molecule has 9 nitrogen and oxygen atoms in total. The van der Waals surface area contributed by atoms with Crippen molar-refractivity contribution in [3.05, 3.63) is 36.0 Å². The molecule has 5 rings (SSSR count). The van der Waals surface area contributed by atoms with Gasteiger partial charge in [0.25, 0.3) is 0 Å². The maximum atomic E-state index is 13.3. The number of hydrogen-bond donors (Lipinski definition) is 1. The fourth-order valence-electron chi connectivity index (χ4n) is 4.91. The average molecular weight is 457 g/mol. The average Bonchev–Trinajstić information content (AvgIpc) is 3.50.